The van der Waals surface area contributed by atoms with Gasteiger partial charge in [0.05, 0.1) is 11.4 Å². The maximum atomic E-state index is 11.3. The van der Waals surface area contributed by atoms with Gasteiger partial charge in [-0.05, 0) is 18.2 Å². The Morgan fingerprint density at radius 1 is 1.50 bits per heavy atom. The van der Waals surface area contributed by atoms with Gasteiger partial charge in [-0.25, -0.2) is 0 Å². The number of halogens is 1. The molecule has 0 unspecified atom stereocenters. The summed E-state index contributed by atoms with van der Waals surface area (Å²) in [7, 11) is 1.99. The first-order chi connectivity index (χ1) is 6.66. The molecule has 4 heteroatoms. The second-order valence-electron chi connectivity index (χ2n) is 3.38. The van der Waals surface area contributed by atoms with Gasteiger partial charge in [-0.1, -0.05) is 15.9 Å². The third-order valence-corrected chi connectivity index (χ3v) is 2.81. The summed E-state index contributed by atoms with van der Waals surface area (Å²) in [6, 6.07) is 5.86. The summed E-state index contributed by atoms with van der Waals surface area (Å²) in [5.41, 5.74) is 1.95. The fourth-order valence-electron chi connectivity index (χ4n) is 1.53. The van der Waals surface area contributed by atoms with Crippen LogP contribution in [0.5, 0.6) is 0 Å². The van der Waals surface area contributed by atoms with E-state index in [4.69, 9.17) is 0 Å². The number of rotatable bonds is 0. The van der Waals surface area contributed by atoms with Crippen LogP contribution in [0.25, 0.3) is 0 Å². The van der Waals surface area contributed by atoms with Gasteiger partial charge in [-0.2, -0.15) is 0 Å². The molecule has 1 aromatic rings. The maximum Gasteiger partial charge on any atom is 0.226 e. The average Bonchev–Trinajstić information content (AvgIpc) is 2.29. The van der Waals surface area contributed by atoms with Crippen molar-refractivity contribution in [3.05, 3.63) is 22.7 Å². The van der Waals surface area contributed by atoms with Crippen molar-refractivity contribution in [2.45, 2.75) is 6.42 Å². The summed E-state index contributed by atoms with van der Waals surface area (Å²) < 4.78 is 1.03. The van der Waals surface area contributed by atoms with Crippen molar-refractivity contribution < 1.29 is 4.79 Å². The van der Waals surface area contributed by atoms with Crippen LogP contribution in [0.4, 0.5) is 11.4 Å². The number of amides is 1. The predicted octanol–water partition coefficient (Wildman–Crippen LogP) is 2.23. The topological polar surface area (TPSA) is 32.3 Å². The van der Waals surface area contributed by atoms with Crippen LogP contribution in [0.2, 0.25) is 0 Å². The van der Waals surface area contributed by atoms with Crippen LogP contribution >= 0.6 is 15.9 Å². The largest absolute Gasteiger partial charge is 0.372 e. The summed E-state index contributed by atoms with van der Waals surface area (Å²) in [5, 5.41) is 2.88. The van der Waals surface area contributed by atoms with E-state index in [1.165, 1.54) is 0 Å². The molecule has 0 fully saturated rings. The Bertz CT molecular complexity index is 378. The Balaban J connectivity index is 2.46. The molecule has 1 heterocycles. The number of nitrogens with one attached hydrogen (secondary N) is 1. The van der Waals surface area contributed by atoms with Gasteiger partial charge in [0, 0.05) is 24.5 Å². The quantitative estimate of drug-likeness (QED) is 0.771. The zero-order chi connectivity index (χ0) is 10.1. The summed E-state index contributed by atoms with van der Waals surface area (Å²) in [5.74, 6) is 0.0814. The lowest BCUT2D eigenvalue weighted by Crippen LogP contribution is -2.18. The number of nitrogens with zero attached hydrogens (tertiary/aromatic N) is 1. The molecule has 0 saturated carbocycles. The van der Waals surface area contributed by atoms with Gasteiger partial charge in [0.1, 0.15) is 0 Å². The molecule has 2 rings (SSSR count). The zero-order valence-electron chi connectivity index (χ0n) is 7.88. The van der Waals surface area contributed by atoms with Crippen LogP contribution in [0.1, 0.15) is 6.42 Å². The molecule has 0 aliphatic carbocycles. The maximum absolute atomic E-state index is 11.3. The first kappa shape index (κ1) is 9.52. The van der Waals surface area contributed by atoms with Crippen molar-refractivity contribution in [3.63, 3.8) is 0 Å². The van der Waals surface area contributed by atoms with E-state index in [2.05, 4.69) is 26.1 Å². The van der Waals surface area contributed by atoms with Gasteiger partial charge < -0.3 is 10.2 Å². The molecule has 1 amide bonds. The average molecular weight is 255 g/mol. The highest BCUT2D eigenvalue weighted by molar-refractivity contribution is 9.10. The molecule has 1 aromatic carbocycles. The normalized spacial score (nSPS) is 15.9. The lowest BCUT2D eigenvalue weighted by Gasteiger charge is -2.18. The van der Waals surface area contributed by atoms with Crippen molar-refractivity contribution in [2.75, 3.05) is 23.8 Å². The first-order valence-corrected chi connectivity index (χ1v) is 5.26. The Morgan fingerprint density at radius 3 is 3.07 bits per heavy atom. The summed E-state index contributed by atoms with van der Waals surface area (Å²) >= 11 is 3.42. The van der Waals surface area contributed by atoms with Gasteiger partial charge in [-0.15, -0.1) is 0 Å². The molecule has 0 atom stereocenters. The lowest BCUT2D eigenvalue weighted by atomic mass is 10.2. The van der Waals surface area contributed by atoms with E-state index in [1.54, 1.807) is 0 Å². The minimum absolute atomic E-state index is 0.0814. The van der Waals surface area contributed by atoms with Gasteiger partial charge in [0.25, 0.3) is 0 Å². The molecule has 74 valence electrons. The van der Waals surface area contributed by atoms with Crippen LogP contribution in [0.3, 0.4) is 0 Å². The van der Waals surface area contributed by atoms with Crippen molar-refractivity contribution >= 4 is 33.2 Å². The van der Waals surface area contributed by atoms with Gasteiger partial charge in [-0.3, -0.25) is 4.79 Å². The number of carbonyl (C=O) groups is 1. The number of hydrogen-bond acceptors (Lipinski definition) is 2. The minimum atomic E-state index is 0.0814. The van der Waals surface area contributed by atoms with Crippen LogP contribution in [0.15, 0.2) is 22.7 Å². The van der Waals surface area contributed by atoms with E-state index < -0.39 is 0 Å². The van der Waals surface area contributed by atoms with Crippen molar-refractivity contribution in [3.8, 4) is 0 Å². The molecule has 0 saturated heterocycles. The highest BCUT2D eigenvalue weighted by Crippen LogP contribution is 2.30. The van der Waals surface area contributed by atoms with E-state index in [1.807, 2.05) is 25.2 Å². The van der Waals surface area contributed by atoms with E-state index in [0.29, 0.717) is 6.42 Å². The monoisotopic (exact) mass is 254 g/mol. The van der Waals surface area contributed by atoms with E-state index in [9.17, 15) is 4.79 Å². The second-order valence-corrected chi connectivity index (χ2v) is 4.30. The van der Waals surface area contributed by atoms with Gasteiger partial charge in [0.15, 0.2) is 0 Å². The number of benzene rings is 1. The summed E-state index contributed by atoms with van der Waals surface area (Å²) in [4.78, 5) is 13.4. The number of hydrogen-bond donors (Lipinski definition) is 1. The third-order valence-electron chi connectivity index (χ3n) is 2.32. The van der Waals surface area contributed by atoms with Crippen molar-refractivity contribution in [1.29, 1.82) is 0 Å². The van der Waals surface area contributed by atoms with Crippen LogP contribution in [-0.4, -0.2) is 19.5 Å². The van der Waals surface area contributed by atoms with Crippen LogP contribution < -0.4 is 10.2 Å². The van der Waals surface area contributed by atoms with Crippen LogP contribution in [-0.2, 0) is 4.79 Å². The zero-order valence-corrected chi connectivity index (χ0v) is 9.47. The summed E-state index contributed by atoms with van der Waals surface area (Å²) in [6.45, 7) is 0.759. The molecule has 0 bridgehead atoms. The molecule has 0 radical (unpaired) electrons. The molecule has 0 aromatic heterocycles. The standard InChI is InChI=1S/C10H11BrN2O/c1-13-5-4-10(14)12-8-3-2-7(11)6-9(8)13/h2-3,6H,4-5H2,1H3,(H,12,14). The Labute approximate surface area is 91.2 Å². The Kier molecular flexibility index (Phi) is 2.46. The number of carbonyl (C=O) groups excluding carboxylic acids is 1. The smallest absolute Gasteiger partial charge is 0.226 e. The van der Waals surface area contributed by atoms with Gasteiger partial charge in [0.2, 0.25) is 5.91 Å². The SMILES string of the molecule is CN1CCC(=O)Nc2ccc(Br)cc21. The molecule has 1 aliphatic heterocycles. The fraction of sp³-hybridized carbons (Fsp3) is 0.300. The second kappa shape index (κ2) is 3.61. The number of fused-ring (bicyclic) bond motifs is 1. The highest BCUT2D eigenvalue weighted by Gasteiger charge is 2.15. The van der Waals surface area contributed by atoms with Crippen molar-refractivity contribution in [2.24, 2.45) is 0 Å². The molecule has 3 nitrogen and oxygen atoms in total. The first-order valence-electron chi connectivity index (χ1n) is 4.47. The van der Waals surface area contributed by atoms with E-state index in [0.717, 1.165) is 22.4 Å². The van der Waals surface area contributed by atoms with Crippen molar-refractivity contribution in [1.82, 2.24) is 0 Å². The number of anilines is 2. The molecular formula is C10H11BrN2O. The lowest BCUT2D eigenvalue weighted by molar-refractivity contribution is -0.115. The summed E-state index contributed by atoms with van der Waals surface area (Å²) in [6.07, 6.45) is 0.544. The van der Waals surface area contributed by atoms with Gasteiger partial charge >= 0.3 is 0 Å². The predicted molar refractivity (Wildman–Crippen MR) is 60.7 cm³/mol. The Hall–Kier alpha value is -1.03. The third kappa shape index (κ3) is 1.75. The highest BCUT2D eigenvalue weighted by atomic mass is 79.9. The van der Waals surface area contributed by atoms with E-state index in [-0.39, 0.29) is 5.91 Å². The molecule has 1 aliphatic rings. The minimum Gasteiger partial charge on any atom is -0.372 e. The molecule has 1 N–H and O–H groups in total. The molecule has 14 heavy (non-hydrogen) atoms. The molecule has 0 spiro atoms. The fourth-order valence-corrected chi connectivity index (χ4v) is 1.88. The van der Waals surface area contributed by atoms with Crippen LogP contribution in [0, 0.1) is 0 Å². The molecular weight excluding hydrogens is 244 g/mol. The Morgan fingerprint density at radius 2 is 2.29 bits per heavy atom. The van der Waals surface area contributed by atoms with E-state index >= 15 is 0 Å².